The van der Waals surface area contributed by atoms with Crippen molar-refractivity contribution in [1.82, 2.24) is 19.9 Å². The summed E-state index contributed by atoms with van der Waals surface area (Å²) in [6, 6.07) is 17.0. The van der Waals surface area contributed by atoms with Crippen LogP contribution in [0.3, 0.4) is 0 Å². The Hall–Kier alpha value is -3.38. The fourth-order valence-corrected chi connectivity index (χ4v) is 5.06. The quantitative estimate of drug-likeness (QED) is 0.397. The third-order valence-corrected chi connectivity index (χ3v) is 6.57. The Morgan fingerprint density at radius 2 is 1.75 bits per heavy atom. The molecule has 6 nitrogen and oxygen atoms in total. The van der Waals surface area contributed by atoms with E-state index in [0.717, 1.165) is 47.4 Å². The highest BCUT2D eigenvalue weighted by atomic mass is 15.2. The minimum absolute atomic E-state index is 0.176. The van der Waals surface area contributed by atoms with Gasteiger partial charge in [0.25, 0.3) is 0 Å². The molecule has 32 heavy (non-hydrogen) atoms. The van der Waals surface area contributed by atoms with Crippen molar-refractivity contribution >= 4 is 22.7 Å². The lowest BCUT2D eigenvalue weighted by molar-refractivity contribution is 0.157. The zero-order valence-corrected chi connectivity index (χ0v) is 18.5. The standard InChI is InChI=1S/C26H30N6/c1-2-22(32-13-6-3-7-14-32)24-23(25(27)31-26(28)30-24)18-10-8-9-17(15-18)20-16-29-21-12-5-4-11-19(20)21/h4-5,8-12,15-16,22,29H,2-3,6-7,13-14H2,1H3,(H4,27,28,30,31)/t22-/m0/s1. The summed E-state index contributed by atoms with van der Waals surface area (Å²) in [6.07, 6.45) is 6.75. The van der Waals surface area contributed by atoms with Crippen molar-refractivity contribution in [3.05, 3.63) is 60.4 Å². The highest BCUT2D eigenvalue weighted by Gasteiger charge is 2.27. The fourth-order valence-electron chi connectivity index (χ4n) is 5.06. The molecule has 1 aliphatic heterocycles. The van der Waals surface area contributed by atoms with Crippen molar-refractivity contribution in [2.24, 2.45) is 0 Å². The van der Waals surface area contributed by atoms with Gasteiger partial charge in [0.15, 0.2) is 0 Å². The van der Waals surface area contributed by atoms with Gasteiger partial charge in [-0.3, -0.25) is 4.90 Å². The largest absolute Gasteiger partial charge is 0.383 e. The Morgan fingerprint density at radius 1 is 0.969 bits per heavy atom. The molecule has 0 saturated carbocycles. The van der Waals surface area contributed by atoms with Gasteiger partial charge in [-0.1, -0.05) is 49.7 Å². The molecule has 0 unspecified atom stereocenters. The number of benzene rings is 2. The molecule has 4 aromatic rings. The Kier molecular flexibility index (Phi) is 5.53. The van der Waals surface area contributed by atoms with E-state index in [1.54, 1.807) is 0 Å². The molecule has 5 rings (SSSR count). The van der Waals surface area contributed by atoms with Crippen LogP contribution in [0.1, 0.15) is 44.3 Å². The van der Waals surface area contributed by atoms with E-state index >= 15 is 0 Å². The van der Waals surface area contributed by atoms with E-state index in [-0.39, 0.29) is 12.0 Å². The number of nitrogen functional groups attached to an aromatic ring is 2. The minimum Gasteiger partial charge on any atom is -0.383 e. The number of nitrogens with two attached hydrogens (primary N) is 2. The number of rotatable bonds is 5. The molecule has 0 bridgehead atoms. The smallest absolute Gasteiger partial charge is 0.222 e. The van der Waals surface area contributed by atoms with E-state index in [1.165, 1.54) is 30.2 Å². The van der Waals surface area contributed by atoms with Gasteiger partial charge in [-0.05, 0) is 55.6 Å². The lowest BCUT2D eigenvalue weighted by Gasteiger charge is -2.34. The maximum atomic E-state index is 6.48. The topological polar surface area (TPSA) is 96.8 Å². The number of fused-ring (bicyclic) bond motifs is 1. The number of anilines is 2. The summed E-state index contributed by atoms with van der Waals surface area (Å²) in [5.41, 5.74) is 18.8. The number of likely N-dealkylation sites (tertiary alicyclic amines) is 1. The minimum atomic E-state index is 0.176. The first-order valence-corrected chi connectivity index (χ1v) is 11.5. The molecule has 0 amide bonds. The second-order valence-corrected chi connectivity index (χ2v) is 8.58. The Labute approximate surface area is 188 Å². The molecule has 164 valence electrons. The van der Waals surface area contributed by atoms with E-state index in [1.807, 2.05) is 6.07 Å². The van der Waals surface area contributed by atoms with Crippen molar-refractivity contribution in [1.29, 1.82) is 0 Å². The molecule has 2 aromatic heterocycles. The highest BCUT2D eigenvalue weighted by molar-refractivity contribution is 5.96. The van der Waals surface area contributed by atoms with Crippen molar-refractivity contribution in [2.45, 2.75) is 38.6 Å². The molecule has 0 aliphatic carbocycles. The molecule has 5 N–H and O–H groups in total. The average Bonchev–Trinajstić information content (AvgIpc) is 3.24. The van der Waals surface area contributed by atoms with Crippen molar-refractivity contribution < 1.29 is 0 Å². The summed E-state index contributed by atoms with van der Waals surface area (Å²) in [5, 5.41) is 1.20. The summed E-state index contributed by atoms with van der Waals surface area (Å²) >= 11 is 0. The summed E-state index contributed by atoms with van der Waals surface area (Å²) in [6.45, 7) is 4.37. The molecule has 2 aromatic carbocycles. The summed E-state index contributed by atoms with van der Waals surface area (Å²) in [4.78, 5) is 15.0. The number of H-pyrrole nitrogens is 1. The third-order valence-electron chi connectivity index (χ3n) is 6.57. The second-order valence-electron chi connectivity index (χ2n) is 8.58. The first kappa shape index (κ1) is 20.5. The van der Waals surface area contributed by atoms with Gasteiger partial charge in [0, 0.05) is 28.2 Å². The number of hydrogen-bond donors (Lipinski definition) is 3. The highest BCUT2D eigenvalue weighted by Crippen LogP contribution is 2.39. The Bertz CT molecular complexity index is 1240. The molecular formula is C26H30N6. The van der Waals surface area contributed by atoms with Crippen LogP contribution in [0.5, 0.6) is 0 Å². The van der Waals surface area contributed by atoms with Gasteiger partial charge in [0.2, 0.25) is 5.95 Å². The summed E-state index contributed by atoms with van der Waals surface area (Å²) in [7, 11) is 0. The summed E-state index contributed by atoms with van der Waals surface area (Å²) < 4.78 is 0. The second kappa shape index (κ2) is 8.63. The lowest BCUT2D eigenvalue weighted by Crippen LogP contribution is -2.34. The predicted octanol–water partition coefficient (Wildman–Crippen LogP) is 5.39. The van der Waals surface area contributed by atoms with Gasteiger partial charge >= 0.3 is 0 Å². The third kappa shape index (κ3) is 3.71. The molecule has 3 heterocycles. The number of piperidine rings is 1. The molecule has 1 saturated heterocycles. The number of nitrogens with zero attached hydrogens (tertiary/aromatic N) is 3. The van der Waals surface area contributed by atoms with E-state index in [2.05, 4.69) is 70.5 Å². The molecule has 0 spiro atoms. The number of nitrogens with one attached hydrogen (secondary N) is 1. The molecule has 0 radical (unpaired) electrons. The van der Waals surface area contributed by atoms with Crippen LogP contribution in [0.15, 0.2) is 54.7 Å². The summed E-state index contributed by atoms with van der Waals surface area (Å²) in [5.74, 6) is 0.684. The molecule has 1 fully saturated rings. The fraction of sp³-hybridized carbons (Fsp3) is 0.308. The number of hydrogen-bond acceptors (Lipinski definition) is 5. The van der Waals surface area contributed by atoms with Crippen LogP contribution in [0.2, 0.25) is 0 Å². The van der Waals surface area contributed by atoms with Crippen LogP contribution in [0.4, 0.5) is 11.8 Å². The van der Waals surface area contributed by atoms with Crippen molar-refractivity contribution in [3.63, 3.8) is 0 Å². The van der Waals surface area contributed by atoms with E-state index in [0.29, 0.717) is 5.82 Å². The Morgan fingerprint density at radius 3 is 2.56 bits per heavy atom. The van der Waals surface area contributed by atoms with Gasteiger partial charge in [-0.25, -0.2) is 4.98 Å². The number of aromatic nitrogens is 3. The molecule has 1 aliphatic rings. The van der Waals surface area contributed by atoms with E-state index < -0.39 is 0 Å². The van der Waals surface area contributed by atoms with Crippen molar-refractivity contribution in [3.8, 4) is 22.3 Å². The monoisotopic (exact) mass is 426 g/mol. The van der Waals surface area contributed by atoms with Crippen LogP contribution in [0.25, 0.3) is 33.2 Å². The SMILES string of the molecule is CC[C@@H](c1nc(N)nc(N)c1-c1cccc(-c2c[nH]c3ccccc23)c1)N1CCCCC1. The molecular weight excluding hydrogens is 396 g/mol. The van der Waals surface area contributed by atoms with Gasteiger partial charge < -0.3 is 16.5 Å². The zero-order chi connectivity index (χ0) is 22.1. The first-order valence-electron chi connectivity index (χ1n) is 11.5. The van der Waals surface area contributed by atoms with Crippen LogP contribution in [-0.4, -0.2) is 32.9 Å². The van der Waals surface area contributed by atoms with Gasteiger partial charge in [0.05, 0.1) is 11.7 Å². The first-order chi connectivity index (χ1) is 15.7. The molecule has 1 atom stereocenters. The normalized spacial score (nSPS) is 15.8. The zero-order valence-electron chi connectivity index (χ0n) is 18.5. The van der Waals surface area contributed by atoms with E-state index in [9.17, 15) is 0 Å². The van der Waals surface area contributed by atoms with E-state index in [4.69, 9.17) is 16.5 Å². The maximum Gasteiger partial charge on any atom is 0.222 e. The van der Waals surface area contributed by atoms with Crippen molar-refractivity contribution in [2.75, 3.05) is 24.6 Å². The lowest BCUT2D eigenvalue weighted by atomic mass is 9.94. The number of aromatic amines is 1. The average molecular weight is 427 g/mol. The number of para-hydroxylation sites is 1. The maximum absolute atomic E-state index is 6.48. The molecule has 6 heteroatoms. The predicted molar refractivity (Wildman–Crippen MR) is 132 cm³/mol. The Balaban J connectivity index is 1.63. The van der Waals surface area contributed by atoms with Gasteiger partial charge in [0.1, 0.15) is 5.82 Å². The van der Waals surface area contributed by atoms with Crippen LogP contribution in [0, 0.1) is 0 Å². The van der Waals surface area contributed by atoms with Gasteiger partial charge in [-0.15, -0.1) is 0 Å². The van der Waals surface area contributed by atoms with Crippen LogP contribution >= 0.6 is 0 Å². The van der Waals surface area contributed by atoms with Crippen LogP contribution < -0.4 is 11.5 Å². The van der Waals surface area contributed by atoms with Crippen LogP contribution in [-0.2, 0) is 0 Å². The van der Waals surface area contributed by atoms with Gasteiger partial charge in [-0.2, -0.15) is 4.98 Å².